The van der Waals surface area contributed by atoms with Crippen LogP contribution in [0.2, 0.25) is 0 Å². The molecule has 2 unspecified atom stereocenters. The van der Waals surface area contributed by atoms with Crippen LogP contribution >= 0.6 is 0 Å². The van der Waals surface area contributed by atoms with Crippen molar-refractivity contribution in [1.82, 2.24) is 0 Å². The van der Waals surface area contributed by atoms with Crippen LogP contribution < -0.4 is 9.47 Å². The highest BCUT2D eigenvalue weighted by atomic mass is 16.6. The van der Waals surface area contributed by atoms with Gasteiger partial charge in [0.15, 0.2) is 0 Å². The number of Topliss-reactive ketones (excluding diaryl/α,β-unsaturated/α-hetero) is 1. The topological polar surface area (TPSA) is 78.7 Å². The molecule has 0 heterocycles. The smallest absolute Gasteiger partial charge is 0.311 e. The molecule has 6 nitrogen and oxygen atoms in total. The zero-order valence-corrected chi connectivity index (χ0v) is 13.0. The minimum absolute atomic E-state index is 0.0689. The van der Waals surface area contributed by atoms with Crippen molar-refractivity contribution in [2.24, 2.45) is 17.8 Å². The van der Waals surface area contributed by atoms with Crippen molar-refractivity contribution in [3.05, 3.63) is 28.3 Å². The first-order chi connectivity index (χ1) is 11.0. The molecule has 0 amide bonds. The van der Waals surface area contributed by atoms with E-state index in [2.05, 4.69) is 0 Å². The quantitative estimate of drug-likeness (QED) is 0.629. The molecule has 1 aromatic carbocycles. The average molecular weight is 317 g/mol. The number of carbonyl (C=O) groups excluding carboxylic acids is 1. The fourth-order valence-electron chi connectivity index (χ4n) is 4.92. The number of benzene rings is 1. The second-order valence-corrected chi connectivity index (χ2v) is 7.12. The van der Waals surface area contributed by atoms with Gasteiger partial charge < -0.3 is 9.47 Å². The zero-order chi connectivity index (χ0) is 16.2. The van der Waals surface area contributed by atoms with Gasteiger partial charge in [-0.2, -0.15) is 0 Å². The Balaban J connectivity index is 1.61. The van der Waals surface area contributed by atoms with Crippen molar-refractivity contribution in [3.63, 3.8) is 0 Å². The Bertz CT molecular complexity index is 668. The van der Waals surface area contributed by atoms with Crippen molar-refractivity contribution in [1.29, 1.82) is 0 Å². The molecule has 4 aliphatic rings. The van der Waals surface area contributed by atoms with Gasteiger partial charge in [0.05, 0.1) is 12.0 Å². The lowest BCUT2D eigenvalue weighted by Gasteiger charge is -2.55. The van der Waals surface area contributed by atoms with Gasteiger partial charge in [0.2, 0.25) is 5.75 Å². The summed E-state index contributed by atoms with van der Waals surface area (Å²) in [7, 11) is 1.41. The van der Waals surface area contributed by atoms with Gasteiger partial charge >= 0.3 is 5.69 Å². The molecule has 0 saturated heterocycles. The van der Waals surface area contributed by atoms with Crippen molar-refractivity contribution >= 4 is 11.5 Å². The fraction of sp³-hybridized carbons (Fsp3) is 0.588. The number of nitro groups is 1. The number of methoxy groups -OCH3 is 1. The predicted octanol–water partition coefficient (Wildman–Crippen LogP) is 3.13. The van der Waals surface area contributed by atoms with Crippen LogP contribution in [0.1, 0.15) is 32.1 Å². The highest BCUT2D eigenvalue weighted by Crippen LogP contribution is 2.55. The van der Waals surface area contributed by atoms with E-state index in [9.17, 15) is 14.9 Å². The molecule has 0 aromatic heterocycles. The van der Waals surface area contributed by atoms with Crippen LogP contribution in [0.3, 0.4) is 0 Å². The molecule has 0 aliphatic heterocycles. The van der Waals surface area contributed by atoms with E-state index in [1.165, 1.54) is 13.2 Å². The number of carbonyl (C=O) groups is 1. The third-order valence-corrected chi connectivity index (χ3v) is 5.62. The van der Waals surface area contributed by atoms with Crippen molar-refractivity contribution in [2.45, 2.75) is 37.7 Å². The van der Waals surface area contributed by atoms with Gasteiger partial charge in [0.25, 0.3) is 0 Å². The summed E-state index contributed by atoms with van der Waals surface area (Å²) >= 11 is 0. The van der Waals surface area contributed by atoms with Gasteiger partial charge in [0, 0.05) is 24.0 Å². The summed E-state index contributed by atoms with van der Waals surface area (Å²) in [4.78, 5) is 22.8. The third-order valence-electron chi connectivity index (χ3n) is 5.62. The van der Waals surface area contributed by atoms with Crippen LogP contribution in [-0.2, 0) is 4.79 Å². The van der Waals surface area contributed by atoms with E-state index < -0.39 is 4.92 Å². The Hall–Kier alpha value is -2.11. The van der Waals surface area contributed by atoms with Gasteiger partial charge in [0.1, 0.15) is 17.1 Å². The maximum absolute atomic E-state index is 12.2. The van der Waals surface area contributed by atoms with Gasteiger partial charge in [-0.15, -0.1) is 0 Å². The molecule has 1 aromatic rings. The number of ketones is 1. The molecule has 0 radical (unpaired) electrons. The summed E-state index contributed by atoms with van der Waals surface area (Å²) in [5.74, 6) is 2.06. The molecule has 23 heavy (non-hydrogen) atoms. The van der Waals surface area contributed by atoms with E-state index in [-0.39, 0.29) is 28.9 Å². The van der Waals surface area contributed by atoms with Gasteiger partial charge in [-0.25, -0.2) is 0 Å². The molecule has 0 N–H and O–H groups in total. The number of hydrogen-bond acceptors (Lipinski definition) is 5. The second-order valence-electron chi connectivity index (χ2n) is 7.12. The van der Waals surface area contributed by atoms with Crippen molar-refractivity contribution in [3.8, 4) is 11.5 Å². The fourth-order valence-corrected chi connectivity index (χ4v) is 4.92. The number of rotatable bonds is 4. The second kappa shape index (κ2) is 4.94. The normalized spacial score (nSPS) is 34.5. The number of ether oxygens (including phenoxy) is 2. The average Bonchev–Trinajstić information content (AvgIpc) is 2.51. The van der Waals surface area contributed by atoms with E-state index in [0.29, 0.717) is 17.5 Å². The number of hydrogen-bond donors (Lipinski definition) is 0. The van der Waals surface area contributed by atoms with Gasteiger partial charge in [-0.3, -0.25) is 14.9 Å². The minimum Gasteiger partial charge on any atom is -0.490 e. The monoisotopic (exact) mass is 317 g/mol. The lowest BCUT2D eigenvalue weighted by atomic mass is 9.53. The van der Waals surface area contributed by atoms with Crippen LogP contribution in [0.15, 0.2) is 18.2 Å². The van der Waals surface area contributed by atoms with Crippen LogP contribution in [0.5, 0.6) is 11.5 Å². The summed E-state index contributed by atoms with van der Waals surface area (Å²) in [5.41, 5.74) is -0.355. The standard InChI is InChI=1S/C17H19NO5/c1-22-15-6-13(2-3-14(15)18(20)21)23-17-7-10-4-11(8-17)16(19)12(5-10)9-17/h2-3,6,10-12H,4-5,7-9H2,1H3. The highest BCUT2D eigenvalue weighted by molar-refractivity contribution is 5.85. The predicted molar refractivity (Wildman–Crippen MR) is 81.6 cm³/mol. The molecule has 6 heteroatoms. The van der Waals surface area contributed by atoms with Crippen LogP contribution in [-0.4, -0.2) is 23.4 Å². The Morgan fingerprint density at radius 3 is 2.52 bits per heavy atom. The number of nitro benzene ring substituents is 1. The molecular formula is C17H19NO5. The van der Waals surface area contributed by atoms with E-state index in [0.717, 1.165) is 32.1 Å². The molecule has 4 saturated carbocycles. The maximum Gasteiger partial charge on any atom is 0.311 e. The van der Waals surface area contributed by atoms with Crippen LogP contribution in [0.25, 0.3) is 0 Å². The molecule has 4 aliphatic carbocycles. The van der Waals surface area contributed by atoms with Crippen molar-refractivity contribution in [2.75, 3.05) is 7.11 Å². The maximum atomic E-state index is 12.2. The lowest BCUT2D eigenvalue weighted by Crippen LogP contribution is -2.57. The van der Waals surface area contributed by atoms with E-state index in [1.807, 2.05) is 0 Å². The zero-order valence-electron chi connectivity index (χ0n) is 13.0. The van der Waals surface area contributed by atoms with E-state index in [4.69, 9.17) is 9.47 Å². The first-order valence-electron chi connectivity index (χ1n) is 8.05. The summed E-state index contributed by atoms with van der Waals surface area (Å²) < 4.78 is 11.4. The van der Waals surface area contributed by atoms with Crippen LogP contribution in [0, 0.1) is 27.9 Å². The lowest BCUT2D eigenvalue weighted by molar-refractivity contribution is -0.385. The minimum atomic E-state index is -0.466. The first kappa shape index (κ1) is 14.5. The summed E-state index contributed by atoms with van der Waals surface area (Å²) in [5, 5.41) is 11.0. The summed E-state index contributed by atoms with van der Waals surface area (Å²) in [6.45, 7) is 0. The molecule has 4 fully saturated rings. The summed E-state index contributed by atoms with van der Waals surface area (Å²) in [6.07, 6.45) is 4.54. The van der Waals surface area contributed by atoms with Gasteiger partial charge in [-0.1, -0.05) is 0 Å². The Morgan fingerprint density at radius 1 is 1.22 bits per heavy atom. The molecule has 0 spiro atoms. The number of nitrogens with zero attached hydrogens (tertiary/aromatic N) is 1. The molecule has 4 bridgehead atoms. The highest BCUT2D eigenvalue weighted by Gasteiger charge is 2.56. The SMILES string of the molecule is COc1cc(OC23CC4CC(C2)C(=O)C(C4)C3)ccc1[N+](=O)[O-]. The molecule has 122 valence electrons. The summed E-state index contributed by atoms with van der Waals surface area (Å²) in [6, 6.07) is 4.62. The van der Waals surface area contributed by atoms with E-state index >= 15 is 0 Å². The third kappa shape index (κ3) is 2.28. The molecular weight excluding hydrogens is 298 g/mol. The largest absolute Gasteiger partial charge is 0.490 e. The Kier molecular flexibility index (Phi) is 3.11. The first-order valence-corrected chi connectivity index (χ1v) is 8.05. The molecule has 2 atom stereocenters. The van der Waals surface area contributed by atoms with Crippen LogP contribution in [0.4, 0.5) is 5.69 Å². The van der Waals surface area contributed by atoms with Gasteiger partial charge in [-0.05, 0) is 44.1 Å². The van der Waals surface area contributed by atoms with E-state index in [1.54, 1.807) is 12.1 Å². The Labute approximate surface area is 133 Å². The molecule has 5 rings (SSSR count). The van der Waals surface area contributed by atoms with Crippen molar-refractivity contribution < 1.29 is 19.2 Å². The Morgan fingerprint density at radius 2 is 1.91 bits per heavy atom.